The summed E-state index contributed by atoms with van der Waals surface area (Å²) in [6.45, 7) is 12.5. The molecule has 3 aromatic carbocycles. The number of fused-ring (bicyclic) bond motifs is 1. The minimum absolute atomic E-state index is 0. The fourth-order valence-electron chi connectivity index (χ4n) is 4.91. The van der Waals surface area contributed by atoms with E-state index in [1.165, 1.54) is 58.9 Å². The van der Waals surface area contributed by atoms with Gasteiger partial charge in [-0.05, 0) is 46.4 Å². The molecule has 0 aliphatic heterocycles. The third kappa shape index (κ3) is 10.5. The Labute approximate surface area is 265 Å². The fourth-order valence-corrected chi connectivity index (χ4v) is 4.91. The number of rotatable bonds is 4. The van der Waals surface area contributed by atoms with E-state index in [-0.39, 0.29) is 42.0 Å². The summed E-state index contributed by atoms with van der Waals surface area (Å²) in [5, 5.41) is 1.18. The van der Waals surface area contributed by atoms with Crippen LogP contribution in [0.5, 0.6) is 0 Å². The summed E-state index contributed by atoms with van der Waals surface area (Å²) < 4.78 is 0. The molecule has 1 fully saturated rings. The molecule has 1 saturated carbocycles. The first-order valence-electron chi connectivity index (χ1n) is 14.0. The van der Waals surface area contributed by atoms with Crippen molar-refractivity contribution in [2.75, 3.05) is 0 Å². The van der Waals surface area contributed by atoms with Crippen molar-refractivity contribution in [3.05, 3.63) is 141 Å². The zero-order valence-electron chi connectivity index (χ0n) is 25.9. The zero-order valence-corrected chi connectivity index (χ0v) is 28.2. The Balaban J connectivity index is 0.000000975. The molecule has 1 heterocycles. The second-order valence-electron chi connectivity index (χ2n) is 10.1. The fraction of sp³-hybridized carbons (Fsp3) is 0.289. The molecule has 5 rings (SSSR count). The van der Waals surface area contributed by atoms with Crippen molar-refractivity contribution in [2.24, 2.45) is 5.92 Å². The number of pyridine rings is 1. The van der Waals surface area contributed by atoms with E-state index in [1.54, 1.807) is 0 Å². The molecule has 1 aliphatic carbocycles. The van der Waals surface area contributed by atoms with Crippen LogP contribution >= 0.6 is 0 Å². The van der Waals surface area contributed by atoms with Gasteiger partial charge in [-0.1, -0.05) is 150 Å². The SMILES string of the molecule is C=C/C=C(/c1ccccc1)c1ccc2c(-c3ccccc3)ccnc2c1C.CC1CCCCC1[NH-].CCC.[CH3-].[CH3-].[Pt]. The molecule has 41 heavy (non-hydrogen) atoms. The van der Waals surface area contributed by atoms with Gasteiger partial charge in [-0.15, -0.1) is 6.04 Å². The average Bonchev–Trinajstić information content (AvgIpc) is 2.95. The van der Waals surface area contributed by atoms with Crippen LogP contribution in [-0.2, 0) is 21.1 Å². The maximum Gasteiger partial charge on any atom is 0.0743 e. The second-order valence-corrected chi connectivity index (χ2v) is 10.1. The Kier molecular flexibility index (Phi) is 18.8. The Morgan fingerprint density at radius 3 is 2.02 bits per heavy atom. The molecule has 0 spiro atoms. The van der Waals surface area contributed by atoms with Gasteiger partial charge in [0.25, 0.3) is 0 Å². The number of hydrogen-bond acceptors (Lipinski definition) is 1. The van der Waals surface area contributed by atoms with Gasteiger partial charge in [0.2, 0.25) is 0 Å². The summed E-state index contributed by atoms with van der Waals surface area (Å²) in [6, 6.07) is 27.6. The largest absolute Gasteiger partial charge is 0.674 e. The van der Waals surface area contributed by atoms with Gasteiger partial charge in [0.1, 0.15) is 0 Å². The Hall–Kier alpha value is -2.80. The zero-order chi connectivity index (χ0) is 27.3. The van der Waals surface area contributed by atoms with E-state index in [0.29, 0.717) is 5.92 Å². The van der Waals surface area contributed by atoms with Crippen LogP contribution < -0.4 is 0 Å². The maximum absolute atomic E-state index is 7.48. The summed E-state index contributed by atoms with van der Waals surface area (Å²) >= 11 is 0. The van der Waals surface area contributed by atoms with Gasteiger partial charge in [0.05, 0.1) is 5.52 Å². The van der Waals surface area contributed by atoms with Crippen molar-refractivity contribution < 1.29 is 21.1 Å². The normalized spacial score (nSPS) is 15.8. The predicted octanol–water partition coefficient (Wildman–Crippen LogP) is 11.8. The van der Waals surface area contributed by atoms with E-state index in [4.69, 9.17) is 10.7 Å². The van der Waals surface area contributed by atoms with E-state index in [2.05, 4.69) is 107 Å². The predicted molar refractivity (Wildman–Crippen MR) is 180 cm³/mol. The summed E-state index contributed by atoms with van der Waals surface area (Å²) in [4.78, 5) is 4.71. The minimum Gasteiger partial charge on any atom is -0.674 e. The third-order valence-electron chi connectivity index (χ3n) is 7.02. The first kappa shape index (κ1) is 38.2. The maximum atomic E-state index is 7.48. The number of hydrogen-bond donors (Lipinski definition) is 0. The van der Waals surface area contributed by atoms with E-state index < -0.39 is 0 Å². The van der Waals surface area contributed by atoms with E-state index >= 15 is 0 Å². The summed E-state index contributed by atoms with van der Waals surface area (Å²) in [5.41, 5.74) is 15.7. The van der Waals surface area contributed by atoms with Gasteiger partial charge in [0.15, 0.2) is 0 Å². The molecule has 2 unspecified atom stereocenters. The summed E-state index contributed by atoms with van der Waals surface area (Å²) in [6.07, 6.45) is 12.1. The molecule has 1 N–H and O–H groups in total. The van der Waals surface area contributed by atoms with Gasteiger partial charge in [-0.25, -0.2) is 0 Å². The van der Waals surface area contributed by atoms with Crippen LogP contribution in [0.25, 0.3) is 33.3 Å². The molecule has 0 saturated heterocycles. The smallest absolute Gasteiger partial charge is 0.0743 e. The van der Waals surface area contributed by atoms with Crippen LogP contribution in [0.3, 0.4) is 0 Å². The first-order chi connectivity index (χ1) is 18.5. The minimum atomic E-state index is 0. The van der Waals surface area contributed by atoms with Crippen LogP contribution in [0.4, 0.5) is 0 Å². The molecule has 4 aromatic rings. The summed E-state index contributed by atoms with van der Waals surface area (Å²) in [7, 11) is 0. The van der Waals surface area contributed by atoms with Crippen molar-refractivity contribution >= 4 is 16.5 Å². The van der Waals surface area contributed by atoms with Gasteiger partial charge in [0, 0.05) is 32.6 Å². The van der Waals surface area contributed by atoms with Crippen molar-refractivity contribution in [2.45, 2.75) is 65.8 Å². The topological polar surface area (TPSA) is 36.7 Å². The molecular weight excluding hydrogens is 680 g/mol. The second kappa shape index (κ2) is 20.1. The standard InChI is InChI=1S/C26H21N.C7H14N.C3H8.2CH3.Pt/c1-3-10-23(20-11-6-4-7-12-20)22-15-16-25-24(21-13-8-5-9-14-21)17-18-27-26(25)19(22)2;1-6-4-2-3-5-7(6)8;1-3-2;;;/h3-18H,1H2,2H3;6-8H,2-5H2,1H3;3H2,1-2H3;2*1H3;/q;-1;;2*-1;/b23-10-;;;;;. The summed E-state index contributed by atoms with van der Waals surface area (Å²) in [5.74, 6) is 0.670. The molecule has 0 bridgehead atoms. The average molecular weight is 729 g/mol. The molecule has 1 aliphatic rings. The molecule has 2 atom stereocenters. The quantitative estimate of drug-likeness (QED) is 0.152. The van der Waals surface area contributed by atoms with Crippen molar-refractivity contribution in [3.8, 4) is 11.1 Å². The number of nitrogens with one attached hydrogen (secondary N) is 1. The molecule has 1 aromatic heterocycles. The number of aromatic nitrogens is 1. The van der Waals surface area contributed by atoms with E-state index in [0.717, 1.165) is 17.5 Å². The Bertz CT molecular complexity index is 1300. The van der Waals surface area contributed by atoms with Crippen LogP contribution in [-0.4, -0.2) is 11.0 Å². The molecule has 0 amide bonds. The van der Waals surface area contributed by atoms with E-state index in [9.17, 15) is 0 Å². The van der Waals surface area contributed by atoms with E-state index in [1.807, 2.05) is 24.4 Å². The van der Waals surface area contributed by atoms with Crippen molar-refractivity contribution in [3.63, 3.8) is 0 Å². The molecule has 0 radical (unpaired) electrons. The monoisotopic (exact) mass is 728 g/mol. The molecule has 3 heteroatoms. The number of nitrogens with zero attached hydrogens (tertiary/aromatic N) is 1. The Morgan fingerprint density at radius 1 is 0.902 bits per heavy atom. The number of aryl methyl sites for hydroxylation is 1. The van der Waals surface area contributed by atoms with Gasteiger partial charge in [-0.3, -0.25) is 4.98 Å². The number of benzene rings is 3. The van der Waals surface area contributed by atoms with Crippen molar-refractivity contribution in [1.82, 2.24) is 4.98 Å². The van der Waals surface area contributed by atoms with Gasteiger partial charge in [-0.2, -0.15) is 0 Å². The molecule has 2 nitrogen and oxygen atoms in total. The van der Waals surface area contributed by atoms with Crippen LogP contribution in [0.15, 0.2) is 104 Å². The molecule has 224 valence electrons. The van der Waals surface area contributed by atoms with Crippen LogP contribution in [0.1, 0.15) is 69.6 Å². The molecular formula is C38H49N2Pt-3. The first-order valence-corrected chi connectivity index (χ1v) is 14.0. The van der Waals surface area contributed by atoms with Crippen molar-refractivity contribution in [1.29, 1.82) is 0 Å². The van der Waals surface area contributed by atoms with Crippen LogP contribution in [0.2, 0.25) is 0 Å². The third-order valence-corrected chi connectivity index (χ3v) is 7.02. The Morgan fingerprint density at radius 2 is 1.49 bits per heavy atom. The van der Waals surface area contributed by atoms with Gasteiger partial charge >= 0.3 is 0 Å². The van der Waals surface area contributed by atoms with Gasteiger partial charge < -0.3 is 20.6 Å². The number of allylic oxidation sites excluding steroid dienone is 2. The van der Waals surface area contributed by atoms with Crippen LogP contribution in [0, 0.1) is 27.7 Å².